The highest BCUT2D eigenvalue weighted by molar-refractivity contribution is 7.08. The number of aliphatic carboxylic acids is 1. The van der Waals surface area contributed by atoms with Gasteiger partial charge in [0.1, 0.15) is 0 Å². The SMILES string of the molecule is NC/C(=C\c1ccsc1)C(=O)O. The fraction of sp³-hybridized carbons (Fsp3) is 0.125. The van der Waals surface area contributed by atoms with Crippen molar-refractivity contribution >= 4 is 23.4 Å². The van der Waals surface area contributed by atoms with Crippen LogP contribution in [0.25, 0.3) is 6.08 Å². The predicted molar refractivity (Wildman–Crippen MR) is 49.0 cm³/mol. The van der Waals surface area contributed by atoms with Gasteiger partial charge in [-0.25, -0.2) is 4.79 Å². The molecule has 0 amide bonds. The third-order valence-corrected chi connectivity index (χ3v) is 2.08. The van der Waals surface area contributed by atoms with Crippen LogP contribution in [0.1, 0.15) is 5.56 Å². The molecule has 1 rings (SSSR count). The van der Waals surface area contributed by atoms with Crippen molar-refractivity contribution in [1.29, 1.82) is 0 Å². The van der Waals surface area contributed by atoms with E-state index < -0.39 is 5.97 Å². The molecule has 0 saturated heterocycles. The lowest BCUT2D eigenvalue weighted by atomic mass is 10.2. The zero-order chi connectivity index (χ0) is 8.97. The van der Waals surface area contributed by atoms with Crippen molar-refractivity contribution in [2.45, 2.75) is 0 Å². The quantitative estimate of drug-likeness (QED) is 0.691. The van der Waals surface area contributed by atoms with Gasteiger partial charge in [0.15, 0.2) is 0 Å². The van der Waals surface area contributed by atoms with Gasteiger partial charge in [0, 0.05) is 6.54 Å². The summed E-state index contributed by atoms with van der Waals surface area (Å²) in [5.74, 6) is -0.955. The van der Waals surface area contributed by atoms with Gasteiger partial charge in [-0.1, -0.05) is 0 Å². The molecule has 0 aliphatic carbocycles. The highest BCUT2D eigenvalue weighted by atomic mass is 32.1. The minimum atomic E-state index is -0.955. The summed E-state index contributed by atoms with van der Waals surface area (Å²) in [5, 5.41) is 12.4. The van der Waals surface area contributed by atoms with E-state index in [1.54, 1.807) is 6.08 Å². The van der Waals surface area contributed by atoms with Gasteiger partial charge in [-0.05, 0) is 28.5 Å². The number of carboxylic acid groups (broad SMARTS) is 1. The first kappa shape index (κ1) is 8.96. The molecule has 0 spiro atoms. The Morgan fingerprint density at radius 3 is 2.92 bits per heavy atom. The highest BCUT2D eigenvalue weighted by Gasteiger charge is 2.03. The second kappa shape index (κ2) is 4.04. The average molecular weight is 183 g/mol. The van der Waals surface area contributed by atoms with Gasteiger partial charge < -0.3 is 10.8 Å². The minimum Gasteiger partial charge on any atom is -0.478 e. The molecule has 0 aliphatic rings. The van der Waals surface area contributed by atoms with Crippen LogP contribution >= 0.6 is 11.3 Å². The monoisotopic (exact) mass is 183 g/mol. The molecule has 0 saturated carbocycles. The van der Waals surface area contributed by atoms with Crippen LogP contribution in [-0.4, -0.2) is 17.6 Å². The molecule has 0 aliphatic heterocycles. The zero-order valence-electron chi connectivity index (χ0n) is 6.36. The summed E-state index contributed by atoms with van der Waals surface area (Å²) in [6.45, 7) is 0.0607. The number of hydrogen-bond acceptors (Lipinski definition) is 3. The molecule has 0 fully saturated rings. The summed E-state index contributed by atoms with van der Waals surface area (Å²) in [4.78, 5) is 10.5. The molecule has 0 unspecified atom stereocenters. The molecule has 0 bridgehead atoms. The van der Waals surface area contributed by atoms with E-state index in [1.807, 2.05) is 16.8 Å². The van der Waals surface area contributed by atoms with Crippen LogP contribution in [0.3, 0.4) is 0 Å². The van der Waals surface area contributed by atoms with E-state index in [1.165, 1.54) is 11.3 Å². The Morgan fingerprint density at radius 2 is 2.50 bits per heavy atom. The fourth-order valence-corrected chi connectivity index (χ4v) is 1.38. The minimum absolute atomic E-state index is 0.0607. The normalized spacial score (nSPS) is 11.6. The van der Waals surface area contributed by atoms with Gasteiger partial charge in [-0.2, -0.15) is 11.3 Å². The van der Waals surface area contributed by atoms with Crippen molar-refractivity contribution in [3.63, 3.8) is 0 Å². The lowest BCUT2D eigenvalue weighted by Crippen LogP contribution is -2.11. The molecule has 1 heterocycles. The Balaban J connectivity index is 2.85. The van der Waals surface area contributed by atoms with Crippen molar-refractivity contribution < 1.29 is 9.90 Å². The number of carbonyl (C=O) groups is 1. The molecular weight excluding hydrogens is 174 g/mol. The summed E-state index contributed by atoms with van der Waals surface area (Å²) in [5.41, 5.74) is 6.37. The Hall–Kier alpha value is -1.13. The first-order valence-corrected chi connectivity index (χ1v) is 4.34. The summed E-state index contributed by atoms with van der Waals surface area (Å²) in [7, 11) is 0. The first-order valence-electron chi connectivity index (χ1n) is 3.40. The predicted octanol–water partition coefficient (Wildman–Crippen LogP) is 1.17. The summed E-state index contributed by atoms with van der Waals surface area (Å²) < 4.78 is 0. The van der Waals surface area contributed by atoms with Gasteiger partial charge in [0.2, 0.25) is 0 Å². The van der Waals surface area contributed by atoms with E-state index >= 15 is 0 Å². The van der Waals surface area contributed by atoms with E-state index in [-0.39, 0.29) is 12.1 Å². The molecule has 0 aromatic carbocycles. The van der Waals surface area contributed by atoms with Crippen LogP contribution in [0.4, 0.5) is 0 Å². The highest BCUT2D eigenvalue weighted by Crippen LogP contribution is 2.10. The van der Waals surface area contributed by atoms with Crippen molar-refractivity contribution in [1.82, 2.24) is 0 Å². The molecule has 64 valence electrons. The lowest BCUT2D eigenvalue weighted by molar-refractivity contribution is -0.132. The van der Waals surface area contributed by atoms with Crippen LogP contribution in [0.2, 0.25) is 0 Å². The molecule has 1 aromatic rings. The maximum absolute atomic E-state index is 10.5. The average Bonchev–Trinajstić information content (AvgIpc) is 2.51. The smallest absolute Gasteiger partial charge is 0.332 e. The summed E-state index contributed by atoms with van der Waals surface area (Å²) in [6.07, 6.45) is 1.58. The fourth-order valence-electron chi connectivity index (χ4n) is 0.766. The van der Waals surface area contributed by atoms with Gasteiger partial charge in [-0.15, -0.1) is 0 Å². The number of thiophene rings is 1. The third-order valence-electron chi connectivity index (χ3n) is 1.38. The number of carboxylic acids is 1. The first-order chi connectivity index (χ1) is 5.74. The summed E-state index contributed by atoms with van der Waals surface area (Å²) in [6, 6.07) is 1.85. The van der Waals surface area contributed by atoms with E-state index in [0.717, 1.165) is 5.56 Å². The van der Waals surface area contributed by atoms with E-state index in [4.69, 9.17) is 10.8 Å². The second-order valence-corrected chi connectivity index (χ2v) is 3.02. The summed E-state index contributed by atoms with van der Waals surface area (Å²) >= 11 is 1.53. The van der Waals surface area contributed by atoms with Gasteiger partial charge in [-0.3, -0.25) is 0 Å². The molecule has 3 N–H and O–H groups in total. The standard InChI is InChI=1S/C8H9NO2S/c9-4-7(8(10)11)3-6-1-2-12-5-6/h1-3,5H,4,9H2,(H,10,11)/b7-3+. The van der Waals surface area contributed by atoms with Crippen LogP contribution < -0.4 is 5.73 Å². The van der Waals surface area contributed by atoms with Gasteiger partial charge in [0.05, 0.1) is 5.57 Å². The van der Waals surface area contributed by atoms with Crippen molar-refractivity contribution in [2.24, 2.45) is 5.73 Å². The van der Waals surface area contributed by atoms with Crippen molar-refractivity contribution in [3.8, 4) is 0 Å². The molecule has 0 atom stereocenters. The molecular formula is C8H9NO2S. The Morgan fingerprint density at radius 1 is 1.75 bits per heavy atom. The second-order valence-electron chi connectivity index (χ2n) is 2.24. The van der Waals surface area contributed by atoms with E-state index in [0.29, 0.717) is 0 Å². The Bertz CT molecular complexity index is 290. The maximum Gasteiger partial charge on any atom is 0.332 e. The van der Waals surface area contributed by atoms with Crippen molar-refractivity contribution in [3.05, 3.63) is 28.0 Å². The molecule has 4 heteroatoms. The van der Waals surface area contributed by atoms with Gasteiger partial charge >= 0.3 is 5.97 Å². The Kier molecular flexibility index (Phi) is 3.01. The van der Waals surface area contributed by atoms with Crippen LogP contribution in [0.15, 0.2) is 22.4 Å². The number of hydrogen-bond donors (Lipinski definition) is 2. The zero-order valence-corrected chi connectivity index (χ0v) is 7.17. The molecule has 12 heavy (non-hydrogen) atoms. The topological polar surface area (TPSA) is 63.3 Å². The van der Waals surface area contributed by atoms with Gasteiger partial charge in [0.25, 0.3) is 0 Å². The third kappa shape index (κ3) is 2.18. The Labute approximate surface area is 74.1 Å². The van der Waals surface area contributed by atoms with E-state index in [2.05, 4.69) is 0 Å². The maximum atomic E-state index is 10.5. The van der Waals surface area contributed by atoms with Crippen molar-refractivity contribution in [2.75, 3.05) is 6.54 Å². The number of nitrogens with two attached hydrogens (primary N) is 1. The van der Waals surface area contributed by atoms with E-state index in [9.17, 15) is 4.79 Å². The van der Waals surface area contributed by atoms with Crippen LogP contribution in [0, 0.1) is 0 Å². The molecule has 3 nitrogen and oxygen atoms in total. The number of rotatable bonds is 3. The molecule has 1 aromatic heterocycles. The van der Waals surface area contributed by atoms with Crippen LogP contribution in [-0.2, 0) is 4.79 Å². The molecule has 0 radical (unpaired) electrons. The largest absolute Gasteiger partial charge is 0.478 e. The van der Waals surface area contributed by atoms with Crippen LogP contribution in [0.5, 0.6) is 0 Å². The lowest BCUT2D eigenvalue weighted by Gasteiger charge is -1.94.